The molecule has 1 atom stereocenters. The van der Waals surface area contributed by atoms with Crippen molar-refractivity contribution in [3.05, 3.63) is 0 Å². The van der Waals surface area contributed by atoms with Crippen molar-refractivity contribution in [2.45, 2.75) is 78.6 Å². The highest BCUT2D eigenvalue weighted by molar-refractivity contribution is 4.73. The van der Waals surface area contributed by atoms with Gasteiger partial charge in [0.15, 0.2) is 0 Å². The highest BCUT2D eigenvalue weighted by atomic mass is 16.5. The van der Waals surface area contributed by atoms with Gasteiger partial charge in [-0.25, -0.2) is 0 Å². The Balaban J connectivity index is 3.83. The molecule has 3 nitrogen and oxygen atoms in total. The second kappa shape index (κ2) is 8.13. The van der Waals surface area contributed by atoms with Gasteiger partial charge < -0.3 is 14.8 Å². The van der Waals surface area contributed by atoms with Gasteiger partial charge in [-0.2, -0.15) is 0 Å². The SMILES string of the molecule is CCCC(CNC(C)(C)C)OCCOC(C)(C)C. The summed E-state index contributed by atoms with van der Waals surface area (Å²) in [5, 5.41) is 3.50. The Morgan fingerprint density at radius 1 is 1.00 bits per heavy atom. The van der Waals surface area contributed by atoms with Crippen molar-refractivity contribution < 1.29 is 9.47 Å². The molecule has 0 rings (SSSR count). The molecule has 0 aromatic rings. The highest BCUT2D eigenvalue weighted by Gasteiger charge is 2.15. The van der Waals surface area contributed by atoms with Crippen molar-refractivity contribution in [2.24, 2.45) is 0 Å². The molecule has 110 valence electrons. The first-order valence-corrected chi connectivity index (χ1v) is 7.14. The zero-order valence-electron chi connectivity index (χ0n) is 13.4. The van der Waals surface area contributed by atoms with E-state index in [-0.39, 0.29) is 17.2 Å². The van der Waals surface area contributed by atoms with E-state index >= 15 is 0 Å². The van der Waals surface area contributed by atoms with Gasteiger partial charge in [-0.05, 0) is 48.0 Å². The Morgan fingerprint density at radius 3 is 2.06 bits per heavy atom. The normalized spacial score (nSPS) is 14.8. The maximum Gasteiger partial charge on any atom is 0.0707 e. The lowest BCUT2D eigenvalue weighted by Crippen LogP contribution is -2.42. The van der Waals surface area contributed by atoms with Crippen LogP contribution in [0.3, 0.4) is 0 Å². The van der Waals surface area contributed by atoms with Crippen LogP contribution in [-0.2, 0) is 9.47 Å². The summed E-state index contributed by atoms with van der Waals surface area (Å²) in [6.07, 6.45) is 2.53. The predicted molar refractivity (Wildman–Crippen MR) is 78.1 cm³/mol. The molecule has 0 aliphatic rings. The van der Waals surface area contributed by atoms with Gasteiger partial charge in [0.05, 0.1) is 24.9 Å². The summed E-state index contributed by atoms with van der Waals surface area (Å²) in [7, 11) is 0. The van der Waals surface area contributed by atoms with Crippen LogP contribution in [0.15, 0.2) is 0 Å². The van der Waals surface area contributed by atoms with Crippen molar-refractivity contribution in [3.63, 3.8) is 0 Å². The predicted octanol–water partition coefficient (Wildman–Crippen LogP) is 3.37. The molecular weight excluding hydrogens is 226 g/mol. The van der Waals surface area contributed by atoms with Gasteiger partial charge in [0.2, 0.25) is 0 Å². The largest absolute Gasteiger partial charge is 0.375 e. The molecule has 0 radical (unpaired) electrons. The number of ether oxygens (including phenoxy) is 2. The minimum Gasteiger partial charge on any atom is -0.375 e. The Morgan fingerprint density at radius 2 is 1.61 bits per heavy atom. The molecule has 0 amide bonds. The van der Waals surface area contributed by atoms with Gasteiger partial charge in [-0.1, -0.05) is 13.3 Å². The minimum absolute atomic E-state index is 0.0761. The molecule has 0 saturated carbocycles. The van der Waals surface area contributed by atoms with E-state index in [1.165, 1.54) is 0 Å². The molecule has 1 N–H and O–H groups in total. The highest BCUT2D eigenvalue weighted by Crippen LogP contribution is 2.08. The van der Waals surface area contributed by atoms with Gasteiger partial charge in [0.1, 0.15) is 0 Å². The van der Waals surface area contributed by atoms with Crippen LogP contribution in [-0.4, -0.2) is 37.0 Å². The summed E-state index contributed by atoms with van der Waals surface area (Å²) in [5.41, 5.74) is 0.0739. The quantitative estimate of drug-likeness (QED) is 0.678. The molecule has 0 saturated heterocycles. The van der Waals surface area contributed by atoms with Crippen LogP contribution >= 0.6 is 0 Å². The lowest BCUT2D eigenvalue weighted by Gasteiger charge is -2.26. The first kappa shape index (κ1) is 17.9. The minimum atomic E-state index is -0.0761. The fourth-order valence-electron chi connectivity index (χ4n) is 1.55. The molecule has 1 unspecified atom stereocenters. The molecule has 0 aliphatic carbocycles. The van der Waals surface area contributed by atoms with Gasteiger partial charge >= 0.3 is 0 Å². The average Bonchev–Trinajstić information content (AvgIpc) is 2.18. The topological polar surface area (TPSA) is 30.5 Å². The van der Waals surface area contributed by atoms with Crippen LogP contribution in [0.4, 0.5) is 0 Å². The summed E-state index contributed by atoms with van der Waals surface area (Å²) < 4.78 is 11.5. The van der Waals surface area contributed by atoms with E-state index in [0.29, 0.717) is 13.2 Å². The van der Waals surface area contributed by atoms with Crippen LogP contribution in [0.1, 0.15) is 61.3 Å². The first-order valence-electron chi connectivity index (χ1n) is 7.14. The van der Waals surface area contributed by atoms with E-state index in [1.807, 2.05) is 0 Å². The standard InChI is InChI=1S/C15H33NO2/c1-8-9-13(12-16-14(2,3)4)17-10-11-18-15(5,6)7/h13,16H,8-12H2,1-7H3. The Bertz CT molecular complexity index is 204. The molecule has 3 heteroatoms. The maximum absolute atomic E-state index is 5.89. The van der Waals surface area contributed by atoms with E-state index in [9.17, 15) is 0 Å². The third kappa shape index (κ3) is 12.3. The summed E-state index contributed by atoms with van der Waals surface area (Å²) in [6, 6.07) is 0. The van der Waals surface area contributed by atoms with Crippen molar-refractivity contribution in [3.8, 4) is 0 Å². The number of hydrogen-bond donors (Lipinski definition) is 1. The molecule has 0 aromatic heterocycles. The summed E-state index contributed by atoms with van der Waals surface area (Å²) >= 11 is 0. The summed E-state index contributed by atoms with van der Waals surface area (Å²) in [4.78, 5) is 0. The zero-order chi connectivity index (χ0) is 14.2. The molecule has 0 spiro atoms. The van der Waals surface area contributed by atoms with Crippen molar-refractivity contribution in [2.75, 3.05) is 19.8 Å². The van der Waals surface area contributed by atoms with Crippen molar-refractivity contribution in [1.82, 2.24) is 5.32 Å². The van der Waals surface area contributed by atoms with Crippen LogP contribution in [0.5, 0.6) is 0 Å². The number of rotatable bonds is 8. The molecule has 18 heavy (non-hydrogen) atoms. The number of hydrogen-bond acceptors (Lipinski definition) is 3. The molecule has 0 heterocycles. The van der Waals surface area contributed by atoms with Gasteiger partial charge in [0, 0.05) is 12.1 Å². The molecule has 0 fully saturated rings. The van der Waals surface area contributed by atoms with E-state index in [2.05, 4.69) is 53.8 Å². The van der Waals surface area contributed by atoms with E-state index in [0.717, 1.165) is 19.4 Å². The van der Waals surface area contributed by atoms with Crippen LogP contribution in [0.2, 0.25) is 0 Å². The van der Waals surface area contributed by atoms with E-state index in [1.54, 1.807) is 0 Å². The third-order valence-corrected chi connectivity index (χ3v) is 2.44. The second-order valence-corrected chi connectivity index (χ2v) is 6.87. The summed E-state index contributed by atoms with van der Waals surface area (Å²) in [5.74, 6) is 0. The van der Waals surface area contributed by atoms with Gasteiger partial charge in [-0.3, -0.25) is 0 Å². The van der Waals surface area contributed by atoms with Crippen molar-refractivity contribution >= 4 is 0 Å². The monoisotopic (exact) mass is 259 g/mol. The van der Waals surface area contributed by atoms with E-state index in [4.69, 9.17) is 9.47 Å². The van der Waals surface area contributed by atoms with Crippen LogP contribution < -0.4 is 5.32 Å². The number of nitrogens with one attached hydrogen (secondary N) is 1. The Kier molecular flexibility index (Phi) is 8.08. The van der Waals surface area contributed by atoms with Crippen LogP contribution in [0, 0.1) is 0 Å². The smallest absolute Gasteiger partial charge is 0.0707 e. The lowest BCUT2D eigenvalue weighted by atomic mass is 10.1. The maximum atomic E-state index is 5.89. The Hall–Kier alpha value is -0.120. The van der Waals surface area contributed by atoms with Crippen molar-refractivity contribution in [1.29, 1.82) is 0 Å². The fraction of sp³-hybridized carbons (Fsp3) is 1.00. The fourth-order valence-corrected chi connectivity index (χ4v) is 1.55. The lowest BCUT2D eigenvalue weighted by molar-refractivity contribution is -0.0532. The van der Waals surface area contributed by atoms with Gasteiger partial charge in [-0.15, -0.1) is 0 Å². The second-order valence-electron chi connectivity index (χ2n) is 6.87. The molecule has 0 aliphatic heterocycles. The van der Waals surface area contributed by atoms with Crippen LogP contribution in [0.25, 0.3) is 0 Å². The third-order valence-electron chi connectivity index (χ3n) is 2.44. The zero-order valence-corrected chi connectivity index (χ0v) is 13.4. The molecule has 0 aromatic carbocycles. The molecular formula is C15H33NO2. The first-order chi connectivity index (χ1) is 8.14. The summed E-state index contributed by atoms with van der Waals surface area (Å²) in [6.45, 7) is 17.2. The average molecular weight is 259 g/mol. The Labute approximate surface area is 114 Å². The van der Waals surface area contributed by atoms with Gasteiger partial charge in [0.25, 0.3) is 0 Å². The molecule has 0 bridgehead atoms. The van der Waals surface area contributed by atoms with E-state index < -0.39 is 0 Å².